The highest BCUT2D eigenvalue weighted by Crippen LogP contribution is 2.09. The Morgan fingerprint density at radius 3 is 2.50 bits per heavy atom. The first kappa shape index (κ1) is 14.5. The van der Waals surface area contributed by atoms with Crippen LogP contribution in [-0.2, 0) is 16.4 Å². The number of sulfonamides is 1. The topological polar surface area (TPSA) is 83.5 Å². The Kier molecular flexibility index (Phi) is 4.74. The highest BCUT2D eigenvalue weighted by Gasteiger charge is 2.22. The third kappa shape index (κ3) is 3.74. The number of benzene rings is 1. The lowest BCUT2D eigenvalue weighted by Crippen LogP contribution is -2.31. The third-order valence-corrected chi connectivity index (χ3v) is 3.26. The highest BCUT2D eigenvalue weighted by molar-refractivity contribution is 7.89. The number of aromatic carboxylic acids is 1. The molecule has 0 saturated heterocycles. The van der Waals surface area contributed by atoms with Crippen molar-refractivity contribution >= 4 is 16.0 Å². The maximum atomic E-state index is 12.0. The summed E-state index contributed by atoms with van der Waals surface area (Å²) in [5.74, 6) is -4.64. The summed E-state index contributed by atoms with van der Waals surface area (Å²) < 4.78 is 47.2. The van der Waals surface area contributed by atoms with Crippen molar-refractivity contribution in [3.8, 4) is 0 Å². The zero-order chi connectivity index (χ0) is 13.8. The van der Waals surface area contributed by atoms with E-state index in [1.807, 2.05) is 0 Å². The zero-order valence-corrected chi connectivity index (χ0v) is 9.95. The van der Waals surface area contributed by atoms with Crippen LogP contribution in [0.25, 0.3) is 0 Å². The van der Waals surface area contributed by atoms with E-state index in [9.17, 15) is 22.0 Å². The summed E-state index contributed by atoms with van der Waals surface area (Å²) in [6.07, 6.45) is 0.0222. The molecule has 0 atom stereocenters. The van der Waals surface area contributed by atoms with Crippen molar-refractivity contribution in [3.05, 3.63) is 35.4 Å². The SMILES string of the molecule is O=C(O)c1ccccc1CCNS(=O)(=O)C(F)F. The largest absolute Gasteiger partial charge is 0.478 e. The number of hydrogen-bond acceptors (Lipinski definition) is 3. The van der Waals surface area contributed by atoms with E-state index in [-0.39, 0.29) is 18.5 Å². The first-order valence-corrected chi connectivity index (χ1v) is 6.47. The van der Waals surface area contributed by atoms with Crippen molar-refractivity contribution in [2.45, 2.75) is 12.2 Å². The van der Waals surface area contributed by atoms with Gasteiger partial charge in [0.25, 0.3) is 10.0 Å². The fraction of sp³-hybridized carbons (Fsp3) is 0.300. The number of carboxylic acids is 1. The quantitative estimate of drug-likeness (QED) is 0.816. The lowest BCUT2D eigenvalue weighted by molar-refractivity contribution is 0.0695. The minimum absolute atomic E-state index is 0.0220. The van der Waals surface area contributed by atoms with E-state index in [1.165, 1.54) is 18.2 Å². The molecule has 18 heavy (non-hydrogen) atoms. The molecule has 0 saturated carbocycles. The van der Waals surface area contributed by atoms with Crippen LogP contribution in [0, 0.1) is 0 Å². The second-order valence-corrected chi connectivity index (χ2v) is 5.15. The monoisotopic (exact) mass is 279 g/mol. The van der Waals surface area contributed by atoms with Crippen molar-refractivity contribution in [1.82, 2.24) is 4.72 Å². The smallest absolute Gasteiger partial charge is 0.350 e. The van der Waals surface area contributed by atoms with Crippen LogP contribution in [0.2, 0.25) is 0 Å². The molecule has 2 N–H and O–H groups in total. The molecule has 0 fully saturated rings. The van der Waals surface area contributed by atoms with Gasteiger partial charge in [0.1, 0.15) is 0 Å². The summed E-state index contributed by atoms with van der Waals surface area (Å²) in [5, 5.41) is 8.85. The van der Waals surface area contributed by atoms with Gasteiger partial charge in [-0.1, -0.05) is 18.2 Å². The number of carbonyl (C=O) groups is 1. The van der Waals surface area contributed by atoms with Gasteiger partial charge in [-0.2, -0.15) is 8.78 Å². The fourth-order valence-electron chi connectivity index (χ4n) is 1.34. The average Bonchev–Trinajstić information content (AvgIpc) is 2.29. The van der Waals surface area contributed by atoms with Gasteiger partial charge in [-0.05, 0) is 18.1 Å². The lowest BCUT2D eigenvalue weighted by Gasteiger charge is -2.07. The third-order valence-electron chi connectivity index (χ3n) is 2.18. The zero-order valence-electron chi connectivity index (χ0n) is 9.14. The summed E-state index contributed by atoms with van der Waals surface area (Å²) in [6, 6.07) is 5.97. The fourth-order valence-corrected chi connectivity index (χ4v) is 1.85. The predicted octanol–water partition coefficient (Wildman–Crippen LogP) is 1.07. The van der Waals surface area contributed by atoms with Crippen LogP contribution in [0.1, 0.15) is 15.9 Å². The van der Waals surface area contributed by atoms with Crippen LogP contribution in [0.3, 0.4) is 0 Å². The molecule has 100 valence electrons. The molecule has 0 unspecified atom stereocenters. The molecule has 0 bridgehead atoms. The van der Waals surface area contributed by atoms with E-state index in [2.05, 4.69) is 0 Å². The van der Waals surface area contributed by atoms with E-state index in [1.54, 1.807) is 10.8 Å². The van der Waals surface area contributed by atoms with Gasteiger partial charge in [-0.15, -0.1) is 0 Å². The Morgan fingerprint density at radius 2 is 1.94 bits per heavy atom. The molecule has 1 aromatic carbocycles. The van der Waals surface area contributed by atoms with Crippen LogP contribution in [0.4, 0.5) is 8.78 Å². The first-order valence-electron chi connectivity index (χ1n) is 4.92. The summed E-state index contributed by atoms with van der Waals surface area (Å²) in [6.45, 7) is -0.281. The number of rotatable bonds is 6. The number of halogens is 2. The molecular weight excluding hydrogens is 268 g/mol. The molecule has 0 spiro atoms. The molecule has 0 aliphatic carbocycles. The van der Waals surface area contributed by atoms with E-state index < -0.39 is 21.8 Å². The van der Waals surface area contributed by atoms with Crippen molar-refractivity contribution in [1.29, 1.82) is 0 Å². The van der Waals surface area contributed by atoms with E-state index in [4.69, 9.17) is 5.11 Å². The Morgan fingerprint density at radius 1 is 1.33 bits per heavy atom. The van der Waals surface area contributed by atoms with E-state index in [0.29, 0.717) is 5.56 Å². The Balaban J connectivity index is 2.68. The van der Waals surface area contributed by atoms with Crippen molar-refractivity contribution in [2.75, 3.05) is 6.54 Å². The van der Waals surface area contributed by atoms with Crippen molar-refractivity contribution in [2.24, 2.45) is 0 Å². The van der Waals surface area contributed by atoms with Crippen molar-refractivity contribution in [3.63, 3.8) is 0 Å². The molecule has 0 aliphatic rings. The van der Waals surface area contributed by atoms with Gasteiger partial charge >= 0.3 is 11.7 Å². The van der Waals surface area contributed by atoms with Crippen LogP contribution >= 0.6 is 0 Å². The van der Waals surface area contributed by atoms with Gasteiger partial charge in [0.05, 0.1) is 5.56 Å². The second-order valence-electron chi connectivity index (χ2n) is 3.41. The maximum absolute atomic E-state index is 12.0. The molecular formula is C10H11F2NO4S. The summed E-state index contributed by atoms with van der Waals surface area (Å²) in [5.41, 5.74) is 0.399. The number of hydrogen-bond donors (Lipinski definition) is 2. The van der Waals surface area contributed by atoms with Gasteiger partial charge in [-0.3, -0.25) is 0 Å². The molecule has 0 aliphatic heterocycles. The van der Waals surface area contributed by atoms with Crippen LogP contribution in [-0.4, -0.2) is 31.8 Å². The number of alkyl halides is 2. The Hall–Kier alpha value is -1.54. The maximum Gasteiger partial charge on any atom is 0.350 e. The number of nitrogens with one attached hydrogen (secondary N) is 1. The molecule has 1 rings (SSSR count). The van der Waals surface area contributed by atoms with Crippen LogP contribution < -0.4 is 4.72 Å². The minimum atomic E-state index is -4.63. The number of carboxylic acid groups (broad SMARTS) is 1. The van der Waals surface area contributed by atoms with Crippen LogP contribution in [0.5, 0.6) is 0 Å². The average molecular weight is 279 g/mol. The summed E-state index contributed by atoms with van der Waals surface area (Å²) in [7, 11) is -4.63. The second kappa shape index (κ2) is 5.87. The van der Waals surface area contributed by atoms with Crippen LogP contribution in [0.15, 0.2) is 24.3 Å². The van der Waals surface area contributed by atoms with Gasteiger partial charge in [0.2, 0.25) is 0 Å². The first-order chi connectivity index (χ1) is 8.34. The predicted molar refractivity (Wildman–Crippen MR) is 60.0 cm³/mol. The minimum Gasteiger partial charge on any atom is -0.478 e. The Labute approximate surface area is 102 Å². The highest BCUT2D eigenvalue weighted by atomic mass is 32.2. The normalized spacial score (nSPS) is 11.7. The molecule has 0 amide bonds. The molecule has 0 aromatic heterocycles. The van der Waals surface area contributed by atoms with Gasteiger partial charge < -0.3 is 5.11 Å². The Bertz CT molecular complexity index is 530. The molecule has 0 heterocycles. The molecule has 1 aromatic rings. The van der Waals surface area contributed by atoms with Gasteiger partial charge in [-0.25, -0.2) is 17.9 Å². The molecule has 0 radical (unpaired) electrons. The molecule has 5 nitrogen and oxygen atoms in total. The van der Waals surface area contributed by atoms with E-state index >= 15 is 0 Å². The van der Waals surface area contributed by atoms with Gasteiger partial charge in [0, 0.05) is 6.54 Å². The standard InChI is InChI=1S/C10H11F2NO4S/c11-10(12)18(16,17)13-6-5-7-3-1-2-4-8(7)9(14)15/h1-4,10,13H,5-6H2,(H,14,15). The van der Waals surface area contributed by atoms with Crippen molar-refractivity contribution < 1.29 is 27.1 Å². The van der Waals surface area contributed by atoms with E-state index in [0.717, 1.165) is 0 Å². The molecule has 8 heteroatoms. The van der Waals surface area contributed by atoms with Gasteiger partial charge in [0.15, 0.2) is 0 Å². The lowest BCUT2D eigenvalue weighted by atomic mass is 10.1. The summed E-state index contributed by atoms with van der Waals surface area (Å²) >= 11 is 0. The summed E-state index contributed by atoms with van der Waals surface area (Å²) in [4.78, 5) is 10.8.